The molecule has 0 aliphatic carbocycles. The van der Waals surface area contributed by atoms with E-state index in [-0.39, 0.29) is 12.2 Å². The fourth-order valence-corrected chi connectivity index (χ4v) is 3.78. The third kappa shape index (κ3) is 2.74. The summed E-state index contributed by atoms with van der Waals surface area (Å²) in [5, 5.41) is 0. The van der Waals surface area contributed by atoms with Crippen molar-refractivity contribution in [3.63, 3.8) is 0 Å². The molecule has 18 heavy (non-hydrogen) atoms. The lowest BCUT2D eigenvalue weighted by Gasteiger charge is -2.34. The molecule has 0 unspecified atom stereocenters. The Labute approximate surface area is 109 Å². The van der Waals surface area contributed by atoms with Crippen molar-refractivity contribution >= 4 is 10.0 Å². The first kappa shape index (κ1) is 13.5. The second kappa shape index (κ2) is 4.99. The number of rotatable bonds is 2. The van der Waals surface area contributed by atoms with Gasteiger partial charge in [-0.05, 0) is 32.9 Å². The molecular formula is C13H19NO3S. The van der Waals surface area contributed by atoms with E-state index in [9.17, 15) is 8.42 Å². The van der Waals surface area contributed by atoms with Crippen LogP contribution in [0, 0.1) is 6.92 Å². The standard InChI is InChI=1S/C13H19NO3S/c1-10-4-6-13(7-5-10)18(15,16)14-8-11(2)17-12(3)9-14/h4-7,11-12H,8-9H2,1-3H3/t11-,12-/m1/s1. The van der Waals surface area contributed by atoms with Crippen LogP contribution in [0.3, 0.4) is 0 Å². The van der Waals surface area contributed by atoms with Gasteiger partial charge in [-0.25, -0.2) is 8.42 Å². The predicted octanol–water partition coefficient (Wildman–Crippen LogP) is 1.79. The molecule has 0 bridgehead atoms. The third-order valence-electron chi connectivity index (χ3n) is 3.04. The zero-order chi connectivity index (χ0) is 13.3. The Morgan fingerprint density at radius 1 is 1.11 bits per heavy atom. The number of nitrogens with zero attached hydrogens (tertiary/aromatic N) is 1. The zero-order valence-electron chi connectivity index (χ0n) is 11.0. The van der Waals surface area contributed by atoms with Crippen LogP contribution in [0.5, 0.6) is 0 Å². The van der Waals surface area contributed by atoms with E-state index in [1.165, 1.54) is 4.31 Å². The quantitative estimate of drug-likeness (QED) is 0.822. The van der Waals surface area contributed by atoms with E-state index < -0.39 is 10.0 Å². The van der Waals surface area contributed by atoms with Crippen molar-refractivity contribution in [3.8, 4) is 0 Å². The molecule has 1 aromatic rings. The highest BCUT2D eigenvalue weighted by Crippen LogP contribution is 2.21. The van der Waals surface area contributed by atoms with Crippen molar-refractivity contribution in [1.82, 2.24) is 4.31 Å². The summed E-state index contributed by atoms with van der Waals surface area (Å²) in [6.07, 6.45) is -0.122. The first-order chi connectivity index (χ1) is 8.39. The van der Waals surface area contributed by atoms with Gasteiger partial charge < -0.3 is 4.74 Å². The van der Waals surface area contributed by atoms with Gasteiger partial charge in [0.05, 0.1) is 17.1 Å². The van der Waals surface area contributed by atoms with Gasteiger partial charge in [0.15, 0.2) is 0 Å². The Hall–Kier alpha value is -0.910. The summed E-state index contributed by atoms with van der Waals surface area (Å²) < 4.78 is 32.0. The minimum Gasteiger partial charge on any atom is -0.373 e. The van der Waals surface area contributed by atoms with Gasteiger partial charge >= 0.3 is 0 Å². The Balaban J connectivity index is 2.28. The maximum Gasteiger partial charge on any atom is 0.243 e. The van der Waals surface area contributed by atoms with E-state index >= 15 is 0 Å². The molecule has 0 N–H and O–H groups in total. The molecule has 100 valence electrons. The average Bonchev–Trinajstić information content (AvgIpc) is 2.28. The van der Waals surface area contributed by atoms with Crippen molar-refractivity contribution in [2.45, 2.75) is 37.9 Å². The van der Waals surface area contributed by atoms with E-state index in [0.29, 0.717) is 18.0 Å². The maximum atomic E-state index is 12.5. The van der Waals surface area contributed by atoms with Crippen LogP contribution in [0.2, 0.25) is 0 Å². The van der Waals surface area contributed by atoms with Gasteiger partial charge in [0.2, 0.25) is 10.0 Å². The molecule has 5 heteroatoms. The number of hydrogen-bond acceptors (Lipinski definition) is 3. The molecule has 0 spiro atoms. The van der Waals surface area contributed by atoms with E-state index in [2.05, 4.69) is 0 Å². The topological polar surface area (TPSA) is 46.6 Å². The minimum atomic E-state index is -3.39. The van der Waals surface area contributed by atoms with Crippen molar-refractivity contribution in [2.24, 2.45) is 0 Å². The van der Waals surface area contributed by atoms with Crippen LogP contribution in [-0.2, 0) is 14.8 Å². The molecule has 0 saturated carbocycles. The van der Waals surface area contributed by atoms with Crippen LogP contribution in [-0.4, -0.2) is 38.0 Å². The zero-order valence-corrected chi connectivity index (χ0v) is 11.8. The van der Waals surface area contributed by atoms with Gasteiger partial charge in [0.25, 0.3) is 0 Å². The van der Waals surface area contributed by atoms with E-state index in [4.69, 9.17) is 4.74 Å². The van der Waals surface area contributed by atoms with Crippen molar-refractivity contribution in [3.05, 3.63) is 29.8 Å². The van der Waals surface area contributed by atoms with E-state index in [1.807, 2.05) is 32.9 Å². The Morgan fingerprint density at radius 3 is 2.11 bits per heavy atom. The van der Waals surface area contributed by atoms with Gasteiger partial charge in [0, 0.05) is 13.1 Å². The van der Waals surface area contributed by atoms with E-state index in [1.54, 1.807) is 12.1 Å². The van der Waals surface area contributed by atoms with Gasteiger partial charge in [0.1, 0.15) is 0 Å². The lowest BCUT2D eigenvalue weighted by atomic mass is 10.2. The molecule has 0 radical (unpaired) electrons. The molecule has 2 atom stereocenters. The number of aryl methyl sites for hydroxylation is 1. The second-order valence-corrected chi connectivity index (χ2v) is 6.83. The number of morpholine rings is 1. The summed E-state index contributed by atoms with van der Waals surface area (Å²) in [5.41, 5.74) is 1.05. The van der Waals surface area contributed by atoms with Crippen LogP contribution in [0.25, 0.3) is 0 Å². The van der Waals surface area contributed by atoms with Crippen LogP contribution in [0.15, 0.2) is 29.2 Å². The SMILES string of the molecule is Cc1ccc(S(=O)(=O)N2C[C@@H](C)O[C@H](C)C2)cc1. The van der Waals surface area contributed by atoms with Gasteiger partial charge in [-0.2, -0.15) is 4.31 Å². The van der Waals surface area contributed by atoms with Crippen LogP contribution < -0.4 is 0 Å². The van der Waals surface area contributed by atoms with Crippen LogP contribution >= 0.6 is 0 Å². The van der Waals surface area contributed by atoms with Crippen molar-refractivity contribution in [2.75, 3.05) is 13.1 Å². The lowest BCUT2D eigenvalue weighted by Crippen LogP contribution is -2.48. The summed E-state index contributed by atoms with van der Waals surface area (Å²) in [5.74, 6) is 0. The number of ether oxygens (including phenoxy) is 1. The monoisotopic (exact) mass is 269 g/mol. The molecule has 1 aliphatic heterocycles. The summed E-state index contributed by atoms with van der Waals surface area (Å²) in [6.45, 7) is 6.57. The lowest BCUT2D eigenvalue weighted by molar-refractivity contribution is -0.0440. The molecule has 2 rings (SSSR count). The molecular weight excluding hydrogens is 250 g/mol. The molecule has 4 nitrogen and oxygen atoms in total. The Bertz CT molecular complexity index is 500. The van der Waals surface area contributed by atoms with E-state index in [0.717, 1.165) is 5.56 Å². The summed E-state index contributed by atoms with van der Waals surface area (Å²) in [6, 6.07) is 6.96. The highest BCUT2D eigenvalue weighted by atomic mass is 32.2. The third-order valence-corrected chi connectivity index (χ3v) is 4.89. The summed E-state index contributed by atoms with van der Waals surface area (Å²) in [7, 11) is -3.39. The highest BCUT2D eigenvalue weighted by Gasteiger charge is 2.31. The summed E-state index contributed by atoms with van der Waals surface area (Å²) in [4.78, 5) is 0.356. The van der Waals surface area contributed by atoms with Gasteiger partial charge in [-0.3, -0.25) is 0 Å². The van der Waals surface area contributed by atoms with Gasteiger partial charge in [-0.1, -0.05) is 17.7 Å². The van der Waals surface area contributed by atoms with Crippen LogP contribution in [0.1, 0.15) is 19.4 Å². The molecule has 1 fully saturated rings. The second-order valence-electron chi connectivity index (χ2n) is 4.89. The number of hydrogen-bond donors (Lipinski definition) is 0. The molecule has 1 saturated heterocycles. The predicted molar refractivity (Wildman–Crippen MR) is 69.9 cm³/mol. The number of sulfonamides is 1. The normalized spacial score (nSPS) is 26.2. The maximum absolute atomic E-state index is 12.5. The molecule has 1 heterocycles. The first-order valence-corrected chi connectivity index (χ1v) is 7.56. The fourth-order valence-electron chi connectivity index (χ4n) is 2.19. The Morgan fingerprint density at radius 2 is 1.61 bits per heavy atom. The van der Waals surface area contributed by atoms with Gasteiger partial charge in [-0.15, -0.1) is 0 Å². The fraction of sp³-hybridized carbons (Fsp3) is 0.538. The van der Waals surface area contributed by atoms with Crippen molar-refractivity contribution in [1.29, 1.82) is 0 Å². The molecule has 0 aromatic heterocycles. The number of benzene rings is 1. The molecule has 1 aromatic carbocycles. The first-order valence-electron chi connectivity index (χ1n) is 6.12. The average molecular weight is 269 g/mol. The summed E-state index contributed by atoms with van der Waals surface area (Å²) >= 11 is 0. The molecule has 0 amide bonds. The highest BCUT2D eigenvalue weighted by molar-refractivity contribution is 7.89. The molecule has 1 aliphatic rings. The minimum absolute atomic E-state index is 0.0611. The van der Waals surface area contributed by atoms with Crippen molar-refractivity contribution < 1.29 is 13.2 Å². The largest absolute Gasteiger partial charge is 0.373 e. The smallest absolute Gasteiger partial charge is 0.243 e. The van der Waals surface area contributed by atoms with Crippen LogP contribution in [0.4, 0.5) is 0 Å². The Kier molecular flexibility index (Phi) is 3.75.